The van der Waals surface area contributed by atoms with E-state index in [2.05, 4.69) is 0 Å². The first-order valence-corrected chi connectivity index (χ1v) is 10.4. The molecule has 1 unspecified atom stereocenters. The van der Waals surface area contributed by atoms with E-state index >= 15 is 0 Å². The zero-order chi connectivity index (χ0) is 22.2. The molecule has 1 N–H and O–H groups in total. The van der Waals surface area contributed by atoms with Crippen molar-refractivity contribution in [2.24, 2.45) is 5.92 Å². The van der Waals surface area contributed by atoms with E-state index in [-0.39, 0.29) is 24.1 Å². The molecule has 4 rings (SSSR count). The molecule has 1 atom stereocenters. The summed E-state index contributed by atoms with van der Waals surface area (Å²) in [6, 6.07) is 8.66. The van der Waals surface area contributed by atoms with E-state index in [1.807, 2.05) is 39.0 Å². The summed E-state index contributed by atoms with van der Waals surface area (Å²) in [6.45, 7) is 7.20. The van der Waals surface area contributed by atoms with Gasteiger partial charge < -0.3 is 28.6 Å². The second kappa shape index (κ2) is 8.26. The number of aromatic carboxylic acids is 1. The highest BCUT2D eigenvalue weighted by atomic mass is 16.7. The Morgan fingerprint density at radius 2 is 1.87 bits per heavy atom. The molecule has 1 amide bonds. The molecule has 2 aromatic rings. The van der Waals surface area contributed by atoms with Crippen molar-refractivity contribution in [3.63, 3.8) is 0 Å². The van der Waals surface area contributed by atoms with Crippen LogP contribution in [0.5, 0.6) is 5.75 Å². The van der Waals surface area contributed by atoms with Crippen LogP contribution in [0.15, 0.2) is 34.7 Å². The molecule has 3 heterocycles. The first kappa shape index (κ1) is 21.2. The molecule has 0 spiro atoms. The number of carboxylic acid groups (broad SMARTS) is 1. The fourth-order valence-electron chi connectivity index (χ4n) is 3.81. The minimum atomic E-state index is -1.10. The highest BCUT2D eigenvalue weighted by Gasteiger charge is 2.34. The molecule has 0 saturated carbocycles. The van der Waals surface area contributed by atoms with Gasteiger partial charge in [0.15, 0.2) is 0 Å². The van der Waals surface area contributed by atoms with Crippen molar-refractivity contribution in [3.8, 4) is 17.1 Å². The standard InChI is InChI=1S/C23H27NO7/c1-23(2,3)31-22(27)24-10-8-14(9-11-24)21-28-13-16-12-15(4-5-18(16)30-21)17-6-7-19(29-17)20(25)26/h4-7,12,14,21H,8-11,13H2,1-3H3,(H,25,26). The van der Waals surface area contributed by atoms with Gasteiger partial charge in [-0.05, 0) is 63.9 Å². The molecule has 1 aromatic carbocycles. The summed E-state index contributed by atoms with van der Waals surface area (Å²) >= 11 is 0. The third kappa shape index (κ3) is 4.85. The van der Waals surface area contributed by atoms with Crippen LogP contribution >= 0.6 is 0 Å². The van der Waals surface area contributed by atoms with E-state index in [0.717, 1.165) is 29.7 Å². The molecule has 2 aliphatic rings. The number of piperidine rings is 1. The van der Waals surface area contributed by atoms with Gasteiger partial charge in [0.05, 0.1) is 6.61 Å². The second-order valence-corrected chi connectivity index (χ2v) is 8.89. The van der Waals surface area contributed by atoms with Gasteiger partial charge in [-0.3, -0.25) is 0 Å². The smallest absolute Gasteiger partial charge is 0.410 e. The number of rotatable bonds is 3. The summed E-state index contributed by atoms with van der Waals surface area (Å²) in [7, 11) is 0. The summed E-state index contributed by atoms with van der Waals surface area (Å²) in [4.78, 5) is 25.0. The van der Waals surface area contributed by atoms with E-state index in [0.29, 0.717) is 25.5 Å². The van der Waals surface area contributed by atoms with Crippen LogP contribution in [0.4, 0.5) is 4.79 Å². The molecule has 0 bridgehead atoms. The van der Waals surface area contributed by atoms with Gasteiger partial charge in [-0.1, -0.05) is 0 Å². The second-order valence-electron chi connectivity index (χ2n) is 8.89. The van der Waals surface area contributed by atoms with Crippen molar-refractivity contribution in [1.29, 1.82) is 0 Å². The highest BCUT2D eigenvalue weighted by Crippen LogP contribution is 2.35. The Bertz CT molecular complexity index is 967. The summed E-state index contributed by atoms with van der Waals surface area (Å²) in [6.07, 6.45) is 0.920. The Morgan fingerprint density at radius 1 is 1.13 bits per heavy atom. The van der Waals surface area contributed by atoms with E-state index in [9.17, 15) is 9.59 Å². The molecule has 166 valence electrons. The minimum Gasteiger partial charge on any atom is -0.475 e. The highest BCUT2D eigenvalue weighted by molar-refractivity contribution is 5.85. The fourth-order valence-corrected chi connectivity index (χ4v) is 3.81. The predicted molar refractivity (Wildman–Crippen MR) is 111 cm³/mol. The number of hydrogen-bond acceptors (Lipinski definition) is 6. The average molecular weight is 429 g/mol. The number of benzene rings is 1. The molecular formula is C23H27NO7. The van der Waals surface area contributed by atoms with Crippen LogP contribution in [-0.4, -0.2) is 47.0 Å². The van der Waals surface area contributed by atoms with E-state index in [1.165, 1.54) is 6.07 Å². The lowest BCUT2D eigenvalue weighted by Gasteiger charge is -2.38. The van der Waals surface area contributed by atoms with Crippen molar-refractivity contribution < 1.29 is 33.3 Å². The maximum absolute atomic E-state index is 12.2. The molecule has 1 fully saturated rings. The molecular weight excluding hydrogens is 402 g/mol. The maximum Gasteiger partial charge on any atom is 0.410 e. The van der Waals surface area contributed by atoms with Crippen molar-refractivity contribution in [2.45, 2.75) is 52.1 Å². The molecule has 8 heteroatoms. The summed E-state index contributed by atoms with van der Waals surface area (Å²) in [5, 5.41) is 9.02. The number of furan rings is 1. The van der Waals surface area contributed by atoms with Crippen LogP contribution in [0.1, 0.15) is 49.7 Å². The SMILES string of the molecule is CC(C)(C)OC(=O)N1CCC(C2OCc3cc(-c4ccc(C(=O)O)o4)ccc3O2)CC1. The number of hydrogen-bond donors (Lipinski definition) is 1. The first-order valence-electron chi connectivity index (χ1n) is 10.4. The fraction of sp³-hybridized carbons (Fsp3) is 0.478. The van der Waals surface area contributed by atoms with Crippen LogP contribution < -0.4 is 4.74 Å². The van der Waals surface area contributed by atoms with Gasteiger partial charge in [0.2, 0.25) is 12.1 Å². The van der Waals surface area contributed by atoms with E-state index < -0.39 is 11.6 Å². The van der Waals surface area contributed by atoms with Gasteiger partial charge in [0, 0.05) is 30.1 Å². The lowest BCUT2D eigenvalue weighted by atomic mass is 9.95. The third-order valence-corrected chi connectivity index (χ3v) is 5.38. The van der Waals surface area contributed by atoms with E-state index in [1.54, 1.807) is 11.0 Å². The van der Waals surface area contributed by atoms with Crippen LogP contribution in [0.2, 0.25) is 0 Å². The molecule has 31 heavy (non-hydrogen) atoms. The number of fused-ring (bicyclic) bond motifs is 1. The van der Waals surface area contributed by atoms with Gasteiger partial charge in [-0.25, -0.2) is 9.59 Å². The Kier molecular flexibility index (Phi) is 5.66. The van der Waals surface area contributed by atoms with Gasteiger partial charge >= 0.3 is 12.1 Å². The number of carboxylic acids is 1. The Hall–Kier alpha value is -3.00. The number of amides is 1. The maximum atomic E-state index is 12.2. The Balaban J connectivity index is 1.36. The molecule has 0 aliphatic carbocycles. The Labute approximate surface area is 180 Å². The lowest BCUT2D eigenvalue weighted by molar-refractivity contribution is -0.149. The normalized spacial score (nSPS) is 19.5. The van der Waals surface area contributed by atoms with Gasteiger partial charge in [0.25, 0.3) is 0 Å². The number of carbonyl (C=O) groups excluding carboxylic acids is 1. The molecule has 8 nitrogen and oxygen atoms in total. The van der Waals surface area contributed by atoms with Crippen LogP contribution in [0.25, 0.3) is 11.3 Å². The van der Waals surface area contributed by atoms with Gasteiger partial charge in [0.1, 0.15) is 17.1 Å². The number of nitrogens with zero attached hydrogens (tertiary/aromatic N) is 1. The summed E-state index contributed by atoms with van der Waals surface area (Å²) in [5.41, 5.74) is 1.15. The van der Waals surface area contributed by atoms with E-state index in [4.69, 9.17) is 23.7 Å². The van der Waals surface area contributed by atoms with Crippen molar-refractivity contribution >= 4 is 12.1 Å². The number of carbonyl (C=O) groups is 2. The predicted octanol–water partition coefficient (Wildman–Crippen LogP) is 4.53. The minimum absolute atomic E-state index is 0.0991. The zero-order valence-electron chi connectivity index (χ0n) is 17.9. The first-order chi connectivity index (χ1) is 14.7. The number of ether oxygens (including phenoxy) is 3. The van der Waals surface area contributed by atoms with Crippen LogP contribution in [-0.2, 0) is 16.1 Å². The van der Waals surface area contributed by atoms with Gasteiger partial charge in [-0.2, -0.15) is 0 Å². The Morgan fingerprint density at radius 3 is 2.52 bits per heavy atom. The van der Waals surface area contributed by atoms with Crippen LogP contribution in [0, 0.1) is 5.92 Å². The molecule has 1 aromatic heterocycles. The summed E-state index contributed by atoms with van der Waals surface area (Å²) in [5.74, 6) is 0.223. The molecule has 2 aliphatic heterocycles. The average Bonchev–Trinajstić information content (AvgIpc) is 3.22. The monoisotopic (exact) mass is 429 g/mol. The zero-order valence-corrected chi connectivity index (χ0v) is 17.9. The lowest BCUT2D eigenvalue weighted by Crippen LogP contribution is -2.45. The summed E-state index contributed by atoms with van der Waals surface area (Å²) < 4.78 is 22.9. The van der Waals surface area contributed by atoms with Crippen LogP contribution in [0.3, 0.4) is 0 Å². The largest absolute Gasteiger partial charge is 0.475 e. The molecule has 1 saturated heterocycles. The van der Waals surface area contributed by atoms with Gasteiger partial charge in [-0.15, -0.1) is 0 Å². The number of likely N-dealkylation sites (tertiary alicyclic amines) is 1. The van der Waals surface area contributed by atoms with Crippen molar-refractivity contribution in [2.75, 3.05) is 13.1 Å². The quantitative estimate of drug-likeness (QED) is 0.765. The third-order valence-electron chi connectivity index (χ3n) is 5.38. The molecule has 0 radical (unpaired) electrons. The topological polar surface area (TPSA) is 98.4 Å². The van der Waals surface area contributed by atoms with Crippen molar-refractivity contribution in [1.82, 2.24) is 4.90 Å². The van der Waals surface area contributed by atoms with Crippen molar-refractivity contribution in [3.05, 3.63) is 41.7 Å².